The van der Waals surface area contributed by atoms with E-state index >= 15 is 0 Å². The molecule has 4 nitrogen and oxygen atoms in total. The summed E-state index contributed by atoms with van der Waals surface area (Å²) in [7, 11) is -3.20. The minimum atomic E-state index is -3.20. The summed E-state index contributed by atoms with van der Waals surface area (Å²) in [5.74, 6) is 0.443. The second-order valence-electron chi connectivity index (χ2n) is 4.78. The highest BCUT2D eigenvalue weighted by molar-refractivity contribution is 7.89. The van der Waals surface area contributed by atoms with E-state index in [0.29, 0.717) is 18.9 Å². The van der Waals surface area contributed by atoms with Gasteiger partial charge in [-0.1, -0.05) is 13.8 Å². The van der Waals surface area contributed by atoms with Gasteiger partial charge in [0.05, 0.1) is 5.25 Å². The van der Waals surface area contributed by atoms with Crippen LogP contribution in [0.2, 0.25) is 0 Å². The lowest BCUT2D eigenvalue weighted by Gasteiger charge is -2.38. The maximum Gasteiger partial charge on any atom is 0.218 e. The lowest BCUT2D eigenvalue weighted by atomic mass is 9.94. The van der Waals surface area contributed by atoms with E-state index in [0.717, 1.165) is 12.8 Å². The van der Waals surface area contributed by atoms with Gasteiger partial charge in [-0.05, 0) is 32.1 Å². The summed E-state index contributed by atoms with van der Waals surface area (Å²) in [5.41, 5.74) is 5.55. The zero-order valence-electron chi connectivity index (χ0n) is 10.5. The van der Waals surface area contributed by atoms with E-state index in [1.807, 2.05) is 13.8 Å². The summed E-state index contributed by atoms with van der Waals surface area (Å²) in [5, 5.41) is -0.416. The van der Waals surface area contributed by atoms with Crippen LogP contribution in [0.25, 0.3) is 0 Å². The van der Waals surface area contributed by atoms with E-state index in [1.54, 1.807) is 4.31 Å². The molecule has 3 unspecified atom stereocenters. The SMILES string of the molecule is CCC(CN)S(=O)(=O)N1CCCC(C)C1C. The van der Waals surface area contributed by atoms with Crippen LogP contribution in [0.3, 0.4) is 0 Å². The molecule has 1 aliphatic heterocycles. The number of sulfonamides is 1. The molecule has 2 N–H and O–H groups in total. The van der Waals surface area contributed by atoms with Crippen molar-refractivity contribution >= 4 is 10.0 Å². The van der Waals surface area contributed by atoms with Crippen molar-refractivity contribution < 1.29 is 8.42 Å². The predicted molar refractivity (Wildman–Crippen MR) is 66.6 cm³/mol. The molecule has 0 aromatic heterocycles. The summed E-state index contributed by atoms with van der Waals surface area (Å²) in [6.45, 7) is 6.88. The first-order valence-electron chi connectivity index (χ1n) is 6.15. The van der Waals surface area contributed by atoms with Crippen molar-refractivity contribution in [2.24, 2.45) is 11.7 Å². The summed E-state index contributed by atoms with van der Waals surface area (Å²) in [6, 6.07) is 0.111. The van der Waals surface area contributed by atoms with Gasteiger partial charge in [-0.3, -0.25) is 0 Å². The number of rotatable bonds is 4. The molecule has 0 spiro atoms. The molecule has 1 fully saturated rings. The molecule has 1 rings (SSSR count). The fourth-order valence-corrected chi connectivity index (χ4v) is 4.45. The van der Waals surface area contributed by atoms with Gasteiger partial charge < -0.3 is 5.73 Å². The molecular formula is C11H24N2O2S. The minimum absolute atomic E-state index is 0.111. The molecule has 0 radical (unpaired) electrons. The topological polar surface area (TPSA) is 63.4 Å². The Bertz CT molecular complexity index is 312. The zero-order valence-corrected chi connectivity index (χ0v) is 11.3. The van der Waals surface area contributed by atoms with Gasteiger partial charge in [0.25, 0.3) is 0 Å². The van der Waals surface area contributed by atoms with E-state index < -0.39 is 15.3 Å². The normalized spacial score (nSPS) is 30.2. The minimum Gasteiger partial charge on any atom is -0.329 e. The van der Waals surface area contributed by atoms with Crippen LogP contribution in [-0.2, 0) is 10.0 Å². The first-order valence-corrected chi connectivity index (χ1v) is 7.66. The van der Waals surface area contributed by atoms with E-state index in [9.17, 15) is 8.42 Å². The van der Waals surface area contributed by atoms with Crippen LogP contribution < -0.4 is 5.73 Å². The molecule has 3 atom stereocenters. The third-order valence-corrected chi connectivity index (χ3v) is 6.32. The van der Waals surface area contributed by atoms with Gasteiger partial charge in [0.15, 0.2) is 0 Å². The quantitative estimate of drug-likeness (QED) is 0.812. The number of piperidine rings is 1. The number of nitrogens with zero attached hydrogens (tertiary/aromatic N) is 1. The molecule has 1 saturated heterocycles. The van der Waals surface area contributed by atoms with Gasteiger partial charge >= 0.3 is 0 Å². The molecule has 5 heteroatoms. The second kappa shape index (κ2) is 5.47. The monoisotopic (exact) mass is 248 g/mol. The van der Waals surface area contributed by atoms with Crippen LogP contribution in [0, 0.1) is 5.92 Å². The van der Waals surface area contributed by atoms with Gasteiger partial charge in [-0.2, -0.15) is 4.31 Å². The standard InChI is InChI=1S/C11H24N2O2S/c1-4-11(8-12)16(14,15)13-7-5-6-9(2)10(13)3/h9-11H,4-8,12H2,1-3H3. The molecular weight excluding hydrogens is 224 g/mol. The molecule has 1 aliphatic rings. The van der Waals surface area contributed by atoms with Gasteiger partial charge in [-0.25, -0.2) is 8.42 Å². The maximum atomic E-state index is 12.3. The third-order valence-electron chi connectivity index (χ3n) is 3.78. The van der Waals surface area contributed by atoms with Crippen molar-refractivity contribution in [2.75, 3.05) is 13.1 Å². The van der Waals surface area contributed by atoms with Crippen molar-refractivity contribution in [3.05, 3.63) is 0 Å². The second-order valence-corrected chi connectivity index (χ2v) is 6.95. The molecule has 0 aromatic carbocycles. The Morgan fingerprint density at radius 2 is 2.06 bits per heavy atom. The predicted octanol–water partition coefficient (Wildman–Crippen LogP) is 1.17. The van der Waals surface area contributed by atoms with E-state index in [2.05, 4.69) is 6.92 Å². The van der Waals surface area contributed by atoms with Crippen LogP contribution >= 0.6 is 0 Å². The summed E-state index contributed by atoms with van der Waals surface area (Å²) in [6.07, 6.45) is 2.68. The Balaban J connectivity index is 2.89. The van der Waals surface area contributed by atoms with Crippen molar-refractivity contribution in [2.45, 2.75) is 51.3 Å². The van der Waals surface area contributed by atoms with Crippen molar-refractivity contribution in [3.63, 3.8) is 0 Å². The fraction of sp³-hybridized carbons (Fsp3) is 1.00. The van der Waals surface area contributed by atoms with E-state index in [-0.39, 0.29) is 12.6 Å². The molecule has 1 heterocycles. The highest BCUT2D eigenvalue weighted by atomic mass is 32.2. The largest absolute Gasteiger partial charge is 0.329 e. The Hall–Kier alpha value is -0.130. The third kappa shape index (κ3) is 2.57. The van der Waals surface area contributed by atoms with Crippen molar-refractivity contribution in [3.8, 4) is 0 Å². The van der Waals surface area contributed by atoms with E-state index in [1.165, 1.54) is 0 Å². The maximum absolute atomic E-state index is 12.3. The Morgan fingerprint density at radius 3 is 2.56 bits per heavy atom. The zero-order chi connectivity index (χ0) is 12.3. The van der Waals surface area contributed by atoms with Crippen LogP contribution in [0.15, 0.2) is 0 Å². The highest BCUT2D eigenvalue weighted by Crippen LogP contribution is 2.27. The Kier molecular flexibility index (Phi) is 4.76. The van der Waals surface area contributed by atoms with Crippen LogP contribution in [0.4, 0.5) is 0 Å². The molecule has 0 aromatic rings. The molecule has 16 heavy (non-hydrogen) atoms. The fourth-order valence-electron chi connectivity index (χ4n) is 2.35. The number of nitrogens with two attached hydrogens (primary N) is 1. The Labute approximate surface area is 99.2 Å². The molecule has 0 saturated carbocycles. The molecule has 0 aliphatic carbocycles. The van der Waals surface area contributed by atoms with Crippen LogP contribution in [0.1, 0.15) is 40.0 Å². The first-order chi connectivity index (χ1) is 7.45. The molecule has 96 valence electrons. The van der Waals surface area contributed by atoms with Gasteiger partial charge in [0, 0.05) is 19.1 Å². The number of hydrogen-bond acceptors (Lipinski definition) is 3. The average Bonchev–Trinajstić information content (AvgIpc) is 2.23. The molecule has 0 bridgehead atoms. The van der Waals surface area contributed by atoms with Crippen LogP contribution in [0.5, 0.6) is 0 Å². The van der Waals surface area contributed by atoms with Crippen molar-refractivity contribution in [1.82, 2.24) is 4.31 Å². The summed E-state index contributed by atoms with van der Waals surface area (Å²) < 4.78 is 26.4. The highest BCUT2D eigenvalue weighted by Gasteiger charge is 2.37. The average molecular weight is 248 g/mol. The van der Waals surface area contributed by atoms with E-state index in [4.69, 9.17) is 5.73 Å². The molecule has 0 amide bonds. The van der Waals surface area contributed by atoms with Gasteiger partial charge in [0.2, 0.25) is 10.0 Å². The summed E-state index contributed by atoms with van der Waals surface area (Å²) >= 11 is 0. The smallest absolute Gasteiger partial charge is 0.218 e. The van der Waals surface area contributed by atoms with Gasteiger partial charge in [-0.15, -0.1) is 0 Å². The lowest BCUT2D eigenvalue weighted by Crippen LogP contribution is -2.50. The lowest BCUT2D eigenvalue weighted by molar-refractivity contribution is 0.200. The Morgan fingerprint density at radius 1 is 1.44 bits per heavy atom. The van der Waals surface area contributed by atoms with Crippen molar-refractivity contribution in [1.29, 1.82) is 0 Å². The van der Waals surface area contributed by atoms with Gasteiger partial charge in [0.1, 0.15) is 0 Å². The summed E-state index contributed by atoms with van der Waals surface area (Å²) in [4.78, 5) is 0. The van der Waals surface area contributed by atoms with Crippen LogP contribution in [-0.4, -0.2) is 37.1 Å². The number of hydrogen-bond donors (Lipinski definition) is 1. The first kappa shape index (κ1) is 13.9.